The first-order valence-corrected chi connectivity index (χ1v) is 9.99. The van der Waals surface area contributed by atoms with Crippen LogP contribution in [0.4, 0.5) is 5.69 Å². The van der Waals surface area contributed by atoms with E-state index in [1.54, 1.807) is 49.4 Å². The molecule has 0 unspecified atom stereocenters. The maximum Gasteiger partial charge on any atom is 0.311 e. The molecule has 2 aromatic carbocycles. The van der Waals surface area contributed by atoms with Gasteiger partial charge in [-0.3, -0.25) is 34.4 Å². The Morgan fingerprint density at radius 1 is 1.09 bits per heavy atom. The molecule has 9 heteroatoms. The normalized spacial score (nSPS) is 15.2. The molecule has 9 nitrogen and oxygen atoms in total. The standard InChI is InChI=1S/C23H23N3O6/c1-14-6-3-4-9-19(14)22(30)25-26-12-17(11-21(26)29)23(31)32-13-20(28)24-18-8-5-7-16(10-18)15(2)27/h3-10,17H,11-13H2,1-2H3,(H,24,28)(H,25,30)/t17-/m1/s1. The van der Waals surface area contributed by atoms with Gasteiger partial charge >= 0.3 is 5.97 Å². The monoisotopic (exact) mass is 437 g/mol. The van der Waals surface area contributed by atoms with Crippen LogP contribution in [0.5, 0.6) is 0 Å². The highest BCUT2D eigenvalue weighted by molar-refractivity contribution is 5.99. The van der Waals surface area contributed by atoms with Crippen molar-refractivity contribution >= 4 is 35.2 Å². The number of esters is 1. The van der Waals surface area contributed by atoms with Gasteiger partial charge in [0.2, 0.25) is 5.91 Å². The lowest BCUT2D eigenvalue weighted by molar-refractivity contribution is -0.151. The fourth-order valence-corrected chi connectivity index (χ4v) is 3.25. The minimum absolute atomic E-state index is 0.0441. The molecule has 0 radical (unpaired) electrons. The Labute approximate surface area is 184 Å². The van der Waals surface area contributed by atoms with Crippen LogP contribution < -0.4 is 10.7 Å². The van der Waals surface area contributed by atoms with Crippen LogP contribution in [0.1, 0.15) is 39.6 Å². The van der Waals surface area contributed by atoms with Gasteiger partial charge < -0.3 is 10.1 Å². The van der Waals surface area contributed by atoms with Crippen molar-refractivity contribution in [2.24, 2.45) is 5.92 Å². The molecule has 0 spiro atoms. The number of rotatable bonds is 7. The lowest BCUT2D eigenvalue weighted by Crippen LogP contribution is -2.43. The van der Waals surface area contributed by atoms with Crippen LogP contribution in [0.15, 0.2) is 48.5 Å². The second-order valence-electron chi connectivity index (χ2n) is 7.45. The minimum atomic E-state index is -0.798. The Bertz CT molecular complexity index is 1080. The van der Waals surface area contributed by atoms with Crippen molar-refractivity contribution in [3.8, 4) is 0 Å². The highest BCUT2D eigenvalue weighted by atomic mass is 16.5. The highest BCUT2D eigenvalue weighted by Crippen LogP contribution is 2.18. The number of nitrogens with one attached hydrogen (secondary N) is 2. The van der Waals surface area contributed by atoms with Crippen LogP contribution in [-0.2, 0) is 19.1 Å². The van der Waals surface area contributed by atoms with Crippen LogP contribution in [-0.4, -0.2) is 47.6 Å². The summed E-state index contributed by atoms with van der Waals surface area (Å²) in [7, 11) is 0. The maximum atomic E-state index is 12.4. The summed E-state index contributed by atoms with van der Waals surface area (Å²) in [6.45, 7) is 2.61. The topological polar surface area (TPSA) is 122 Å². The van der Waals surface area contributed by atoms with Crippen LogP contribution in [0.25, 0.3) is 0 Å². The lowest BCUT2D eigenvalue weighted by atomic mass is 10.1. The van der Waals surface area contributed by atoms with Crippen molar-refractivity contribution in [3.63, 3.8) is 0 Å². The summed E-state index contributed by atoms with van der Waals surface area (Å²) in [5, 5.41) is 3.64. The first-order chi connectivity index (χ1) is 15.2. The van der Waals surface area contributed by atoms with Gasteiger partial charge in [-0.15, -0.1) is 0 Å². The van der Waals surface area contributed by atoms with Gasteiger partial charge in [0.25, 0.3) is 11.8 Å². The average molecular weight is 437 g/mol. The van der Waals surface area contributed by atoms with Crippen LogP contribution in [0.3, 0.4) is 0 Å². The van der Waals surface area contributed by atoms with Crippen molar-refractivity contribution in [1.29, 1.82) is 0 Å². The Morgan fingerprint density at radius 2 is 1.84 bits per heavy atom. The molecule has 0 bridgehead atoms. The summed E-state index contributed by atoms with van der Waals surface area (Å²) in [6.07, 6.45) is -0.130. The van der Waals surface area contributed by atoms with E-state index in [-0.39, 0.29) is 18.7 Å². The number of Topliss-reactive ketones (excluding diaryl/α,β-unsaturated/α-hetero) is 1. The second-order valence-corrected chi connectivity index (χ2v) is 7.45. The molecule has 0 saturated carbocycles. The number of nitrogens with zero attached hydrogens (tertiary/aromatic N) is 1. The number of amides is 3. The molecule has 0 aromatic heterocycles. The fourth-order valence-electron chi connectivity index (χ4n) is 3.25. The molecule has 1 aliphatic rings. The number of anilines is 1. The molecule has 2 N–H and O–H groups in total. The number of hydrogen-bond donors (Lipinski definition) is 2. The molecule has 2 aromatic rings. The summed E-state index contributed by atoms with van der Waals surface area (Å²) < 4.78 is 5.03. The van der Waals surface area contributed by atoms with E-state index in [2.05, 4.69) is 10.7 Å². The predicted molar refractivity (Wildman–Crippen MR) is 115 cm³/mol. The Hall–Kier alpha value is -4.01. The molecule has 1 fully saturated rings. The van der Waals surface area contributed by atoms with Crippen molar-refractivity contribution in [2.75, 3.05) is 18.5 Å². The van der Waals surface area contributed by atoms with E-state index in [0.717, 1.165) is 10.6 Å². The van der Waals surface area contributed by atoms with Gasteiger partial charge in [0.15, 0.2) is 12.4 Å². The SMILES string of the molecule is CC(=O)c1cccc(NC(=O)COC(=O)[C@@H]2CC(=O)N(NC(=O)c3ccccc3C)C2)c1. The van der Waals surface area contributed by atoms with Gasteiger partial charge in [-0.25, -0.2) is 0 Å². The number of aryl methyl sites for hydroxylation is 1. The van der Waals surface area contributed by atoms with Crippen molar-refractivity contribution in [2.45, 2.75) is 20.3 Å². The van der Waals surface area contributed by atoms with Crippen molar-refractivity contribution in [1.82, 2.24) is 10.4 Å². The number of ether oxygens (including phenoxy) is 1. The molecular weight excluding hydrogens is 414 g/mol. The van der Waals surface area contributed by atoms with Gasteiger partial charge in [0.1, 0.15) is 0 Å². The fraction of sp³-hybridized carbons (Fsp3) is 0.261. The van der Waals surface area contributed by atoms with E-state index in [1.165, 1.54) is 13.0 Å². The van der Waals surface area contributed by atoms with E-state index in [1.807, 2.05) is 0 Å². The lowest BCUT2D eigenvalue weighted by Gasteiger charge is -2.18. The van der Waals surface area contributed by atoms with Crippen molar-refractivity contribution < 1.29 is 28.7 Å². The Morgan fingerprint density at radius 3 is 2.56 bits per heavy atom. The van der Waals surface area contributed by atoms with Crippen LogP contribution in [0, 0.1) is 12.8 Å². The summed E-state index contributed by atoms with van der Waals surface area (Å²) in [5.41, 5.74) is 4.54. The smallest absolute Gasteiger partial charge is 0.311 e. The highest BCUT2D eigenvalue weighted by Gasteiger charge is 2.36. The van der Waals surface area contributed by atoms with Gasteiger partial charge in [-0.2, -0.15) is 0 Å². The first-order valence-electron chi connectivity index (χ1n) is 9.99. The third kappa shape index (κ3) is 5.57. The van der Waals surface area contributed by atoms with Crippen molar-refractivity contribution in [3.05, 3.63) is 65.2 Å². The number of carbonyl (C=O) groups is 5. The Kier molecular flexibility index (Phi) is 6.99. The van der Waals surface area contributed by atoms with Crippen LogP contribution >= 0.6 is 0 Å². The van der Waals surface area contributed by atoms with Gasteiger partial charge in [0, 0.05) is 23.2 Å². The van der Waals surface area contributed by atoms with E-state index in [0.29, 0.717) is 16.8 Å². The largest absolute Gasteiger partial charge is 0.455 e. The van der Waals surface area contributed by atoms with E-state index < -0.39 is 36.2 Å². The number of ketones is 1. The van der Waals surface area contributed by atoms with Gasteiger partial charge in [-0.1, -0.05) is 30.3 Å². The third-order valence-electron chi connectivity index (χ3n) is 4.98. The predicted octanol–water partition coefficient (Wildman–Crippen LogP) is 1.87. The summed E-state index contributed by atoms with van der Waals surface area (Å²) in [4.78, 5) is 60.4. The Balaban J connectivity index is 1.49. The quantitative estimate of drug-likeness (QED) is 0.504. The number of hydrogen-bond acceptors (Lipinski definition) is 6. The number of carbonyl (C=O) groups excluding carboxylic acids is 5. The molecular formula is C23H23N3O6. The molecule has 166 valence electrons. The van der Waals surface area contributed by atoms with Crippen LogP contribution in [0.2, 0.25) is 0 Å². The minimum Gasteiger partial charge on any atom is -0.455 e. The average Bonchev–Trinajstić information content (AvgIpc) is 3.12. The van der Waals surface area contributed by atoms with E-state index in [9.17, 15) is 24.0 Å². The first kappa shape index (κ1) is 22.7. The van der Waals surface area contributed by atoms with E-state index in [4.69, 9.17) is 4.74 Å². The van der Waals surface area contributed by atoms with Gasteiger partial charge in [-0.05, 0) is 37.6 Å². The zero-order chi connectivity index (χ0) is 23.3. The molecule has 32 heavy (non-hydrogen) atoms. The number of hydrazine groups is 1. The zero-order valence-electron chi connectivity index (χ0n) is 17.7. The summed E-state index contributed by atoms with van der Waals surface area (Å²) in [6, 6.07) is 13.3. The molecule has 1 atom stereocenters. The van der Waals surface area contributed by atoms with Gasteiger partial charge in [0.05, 0.1) is 12.5 Å². The summed E-state index contributed by atoms with van der Waals surface area (Å²) in [5.74, 6) is -3.09. The number of benzene rings is 2. The molecule has 3 rings (SSSR count). The maximum absolute atomic E-state index is 12.4. The molecule has 1 saturated heterocycles. The molecule has 3 amide bonds. The molecule has 1 aliphatic heterocycles. The molecule has 1 heterocycles. The third-order valence-corrected chi connectivity index (χ3v) is 4.98. The summed E-state index contributed by atoms with van der Waals surface area (Å²) >= 11 is 0. The molecule has 0 aliphatic carbocycles. The zero-order valence-corrected chi connectivity index (χ0v) is 17.7. The van der Waals surface area contributed by atoms with E-state index >= 15 is 0 Å². The second kappa shape index (κ2) is 9.86.